The highest BCUT2D eigenvalue weighted by molar-refractivity contribution is 4.59. The van der Waals surface area contributed by atoms with Gasteiger partial charge in [-0.1, -0.05) is 124 Å². The van der Waals surface area contributed by atoms with Gasteiger partial charge in [0.15, 0.2) is 0 Å². The van der Waals surface area contributed by atoms with E-state index in [9.17, 15) is 0 Å². The molecular formula is C20H42. The summed E-state index contributed by atoms with van der Waals surface area (Å²) in [6.07, 6.45) is 23.3. The van der Waals surface area contributed by atoms with Crippen LogP contribution in [-0.2, 0) is 0 Å². The first kappa shape index (κ1) is 20.0. The Bertz CT molecular complexity index is 155. The van der Waals surface area contributed by atoms with Crippen molar-refractivity contribution in [3.8, 4) is 0 Å². The molecule has 0 aromatic heterocycles. The second-order valence-corrected chi connectivity index (χ2v) is 6.77. The first-order chi connectivity index (χ1) is 9.85. The van der Waals surface area contributed by atoms with Gasteiger partial charge < -0.3 is 0 Å². The van der Waals surface area contributed by atoms with Crippen LogP contribution >= 0.6 is 0 Å². The summed E-state index contributed by atoms with van der Waals surface area (Å²) in [6, 6.07) is 0. The third kappa shape index (κ3) is 14.4. The van der Waals surface area contributed by atoms with Crippen LogP contribution < -0.4 is 0 Å². The van der Waals surface area contributed by atoms with Gasteiger partial charge in [0.2, 0.25) is 0 Å². The monoisotopic (exact) mass is 282 g/mol. The van der Waals surface area contributed by atoms with Gasteiger partial charge in [0.25, 0.3) is 0 Å². The van der Waals surface area contributed by atoms with Gasteiger partial charge in [-0.25, -0.2) is 0 Å². The van der Waals surface area contributed by atoms with Gasteiger partial charge in [-0.15, -0.1) is 0 Å². The van der Waals surface area contributed by atoms with Crippen LogP contribution in [0.15, 0.2) is 0 Å². The maximum absolute atomic E-state index is 2.34. The predicted molar refractivity (Wildman–Crippen MR) is 94.4 cm³/mol. The molecule has 0 spiro atoms. The Hall–Kier alpha value is 0. The standard InChI is InChI=1S/C20H42/c1-4-7-8-9-10-11-12-13-14-15-16-19-20(17-5-2)18-6-3/h20H,4-19H2,1-3H3. The summed E-state index contributed by atoms with van der Waals surface area (Å²) in [4.78, 5) is 0. The second kappa shape index (κ2) is 17.1. The molecule has 0 atom stereocenters. The summed E-state index contributed by atoms with van der Waals surface area (Å²) in [5.41, 5.74) is 0. The van der Waals surface area contributed by atoms with Crippen LogP contribution in [0.3, 0.4) is 0 Å². The van der Waals surface area contributed by atoms with Crippen LogP contribution in [-0.4, -0.2) is 0 Å². The molecule has 0 rings (SSSR count). The lowest BCUT2D eigenvalue weighted by Crippen LogP contribution is -1.99. The van der Waals surface area contributed by atoms with Crippen LogP contribution in [0.4, 0.5) is 0 Å². The molecule has 0 N–H and O–H groups in total. The molecule has 0 aliphatic rings. The molecule has 20 heavy (non-hydrogen) atoms. The zero-order chi connectivity index (χ0) is 14.9. The topological polar surface area (TPSA) is 0 Å². The summed E-state index contributed by atoms with van der Waals surface area (Å²) in [7, 11) is 0. The molecule has 0 aliphatic carbocycles. The average Bonchev–Trinajstić information content (AvgIpc) is 2.45. The van der Waals surface area contributed by atoms with Crippen LogP contribution in [0, 0.1) is 5.92 Å². The summed E-state index contributed by atoms with van der Waals surface area (Å²) in [5.74, 6) is 1.03. The van der Waals surface area contributed by atoms with Crippen LogP contribution in [0.5, 0.6) is 0 Å². The maximum Gasteiger partial charge on any atom is -0.0414 e. The van der Waals surface area contributed by atoms with Crippen molar-refractivity contribution < 1.29 is 0 Å². The number of hydrogen-bond donors (Lipinski definition) is 0. The van der Waals surface area contributed by atoms with E-state index in [4.69, 9.17) is 0 Å². The minimum atomic E-state index is 1.03. The van der Waals surface area contributed by atoms with E-state index in [-0.39, 0.29) is 0 Å². The highest BCUT2D eigenvalue weighted by Crippen LogP contribution is 2.21. The molecule has 0 unspecified atom stereocenters. The predicted octanol–water partition coefficient (Wildman–Crippen LogP) is 7.90. The quantitative estimate of drug-likeness (QED) is 0.252. The molecule has 0 bridgehead atoms. The molecule has 0 nitrogen and oxygen atoms in total. The second-order valence-electron chi connectivity index (χ2n) is 6.77. The fraction of sp³-hybridized carbons (Fsp3) is 1.00. The molecule has 0 amide bonds. The zero-order valence-corrected chi connectivity index (χ0v) is 14.9. The van der Waals surface area contributed by atoms with Crippen molar-refractivity contribution in [2.24, 2.45) is 5.92 Å². The van der Waals surface area contributed by atoms with Gasteiger partial charge in [-0.3, -0.25) is 0 Å². The van der Waals surface area contributed by atoms with E-state index < -0.39 is 0 Å². The Balaban J connectivity index is 3.18. The van der Waals surface area contributed by atoms with E-state index in [1.54, 1.807) is 0 Å². The average molecular weight is 283 g/mol. The molecule has 0 heterocycles. The lowest BCUT2D eigenvalue weighted by atomic mass is 9.92. The largest absolute Gasteiger partial charge is 0.0654 e. The molecule has 0 aromatic carbocycles. The van der Waals surface area contributed by atoms with Crippen molar-refractivity contribution in [1.29, 1.82) is 0 Å². The lowest BCUT2D eigenvalue weighted by molar-refractivity contribution is 0.390. The number of hydrogen-bond acceptors (Lipinski definition) is 0. The Labute approximate surface area is 130 Å². The van der Waals surface area contributed by atoms with Crippen molar-refractivity contribution in [2.75, 3.05) is 0 Å². The number of rotatable bonds is 16. The van der Waals surface area contributed by atoms with E-state index in [0.29, 0.717) is 0 Å². The van der Waals surface area contributed by atoms with E-state index in [0.717, 1.165) is 5.92 Å². The first-order valence-electron chi connectivity index (χ1n) is 9.85. The highest BCUT2D eigenvalue weighted by atomic mass is 14.1. The third-order valence-electron chi connectivity index (χ3n) is 4.61. The third-order valence-corrected chi connectivity index (χ3v) is 4.61. The molecule has 0 heteroatoms. The minimum Gasteiger partial charge on any atom is -0.0654 e. The van der Waals surface area contributed by atoms with Crippen molar-refractivity contribution in [3.05, 3.63) is 0 Å². The Morgan fingerprint density at radius 1 is 0.400 bits per heavy atom. The van der Waals surface area contributed by atoms with Gasteiger partial charge in [-0.2, -0.15) is 0 Å². The first-order valence-corrected chi connectivity index (χ1v) is 9.85. The minimum absolute atomic E-state index is 1.03. The van der Waals surface area contributed by atoms with Crippen molar-refractivity contribution in [2.45, 2.75) is 124 Å². The van der Waals surface area contributed by atoms with E-state index in [2.05, 4.69) is 20.8 Å². The molecular weight excluding hydrogens is 240 g/mol. The fourth-order valence-corrected chi connectivity index (χ4v) is 3.35. The van der Waals surface area contributed by atoms with Crippen LogP contribution in [0.25, 0.3) is 0 Å². The summed E-state index contributed by atoms with van der Waals surface area (Å²) in [5, 5.41) is 0. The summed E-state index contributed by atoms with van der Waals surface area (Å²) in [6.45, 7) is 6.97. The molecule has 0 saturated carbocycles. The van der Waals surface area contributed by atoms with Crippen molar-refractivity contribution in [1.82, 2.24) is 0 Å². The van der Waals surface area contributed by atoms with Crippen molar-refractivity contribution >= 4 is 0 Å². The molecule has 122 valence electrons. The van der Waals surface area contributed by atoms with Crippen molar-refractivity contribution in [3.63, 3.8) is 0 Å². The summed E-state index contributed by atoms with van der Waals surface area (Å²) < 4.78 is 0. The molecule has 0 aromatic rings. The Morgan fingerprint density at radius 3 is 1.20 bits per heavy atom. The Kier molecular flexibility index (Phi) is 17.1. The summed E-state index contributed by atoms with van der Waals surface area (Å²) >= 11 is 0. The zero-order valence-electron chi connectivity index (χ0n) is 14.9. The number of unbranched alkanes of at least 4 members (excludes halogenated alkanes) is 10. The molecule has 0 aliphatic heterocycles. The lowest BCUT2D eigenvalue weighted by Gasteiger charge is -2.14. The molecule has 0 saturated heterocycles. The van der Waals surface area contributed by atoms with Crippen LogP contribution in [0.1, 0.15) is 124 Å². The highest BCUT2D eigenvalue weighted by Gasteiger charge is 2.05. The smallest absolute Gasteiger partial charge is 0.0414 e. The van der Waals surface area contributed by atoms with E-state index in [1.165, 1.54) is 103 Å². The molecule has 0 fully saturated rings. The van der Waals surface area contributed by atoms with Crippen LogP contribution in [0.2, 0.25) is 0 Å². The molecule has 0 radical (unpaired) electrons. The normalized spacial score (nSPS) is 11.4. The Morgan fingerprint density at radius 2 is 0.800 bits per heavy atom. The van der Waals surface area contributed by atoms with Gasteiger partial charge in [0.05, 0.1) is 0 Å². The fourth-order valence-electron chi connectivity index (χ4n) is 3.35. The maximum atomic E-state index is 2.34. The van der Waals surface area contributed by atoms with E-state index in [1.807, 2.05) is 0 Å². The SMILES string of the molecule is CCCCCCCCCCCCCC(CCC)CCC. The van der Waals surface area contributed by atoms with Gasteiger partial charge in [0, 0.05) is 0 Å². The van der Waals surface area contributed by atoms with Gasteiger partial charge in [0.1, 0.15) is 0 Å². The van der Waals surface area contributed by atoms with E-state index >= 15 is 0 Å². The van der Waals surface area contributed by atoms with Gasteiger partial charge >= 0.3 is 0 Å². The van der Waals surface area contributed by atoms with Gasteiger partial charge in [-0.05, 0) is 5.92 Å².